The second-order valence-corrected chi connectivity index (χ2v) is 6.92. The first-order chi connectivity index (χ1) is 11.6. The Bertz CT molecular complexity index is 693. The van der Waals surface area contributed by atoms with Crippen LogP contribution < -0.4 is 5.32 Å². The Kier molecular flexibility index (Phi) is 5.15. The SMILES string of the molecule is CC(NC[C@]1(CO)COC[C@@H](C)N1C)c1ccc2cccnc2c1. The molecule has 1 aliphatic rings. The first-order valence-corrected chi connectivity index (χ1v) is 8.55. The normalized spacial score (nSPS) is 26.6. The zero-order chi connectivity index (χ0) is 17.2. The van der Waals surface area contributed by atoms with Gasteiger partial charge in [0.05, 0.1) is 30.9 Å². The van der Waals surface area contributed by atoms with E-state index in [9.17, 15) is 5.11 Å². The minimum absolute atomic E-state index is 0.0762. The first kappa shape index (κ1) is 17.3. The smallest absolute Gasteiger partial charge is 0.0802 e. The predicted molar refractivity (Wildman–Crippen MR) is 96.0 cm³/mol. The molecule has 0 bridgehead atoms. The molecule has 5 heteroatoms. The summed E-state index contributed by atoms with van der Waals surface area (Å²) in [6, 6.07) is 10.9. The number of morpholine rings is 1. The molecule has 3 rings (SSSR count). The predicted octanol–water partition coefficient (Wildman–Crippen LogP) is 1.97. The van der Waals surface area contributed by atoms with E-state index in [-0.39, 0.29) is 18.2 Å². The van der Waals surface area contributed by atoms with Gasteiger partial charge in [-0.3, -0.25) is 9.88 Å². The molecular weight excluding hydrogens is 302 g/mol. The maximum atomic E-state index is 9.98. The van der Waals surface area contributed by atoms with Crippen LogP contribution in [0.15, 0.2) is 36.5 Å². The maximum Gasteiger partial charge on any atom is 0.0802 e. The van der Waals surface area contributed by atoms with Crippen molar-refractivity contribution in [2.45, 2.75) is 31.5 Å². The molecule has 0 spiro atoms. The van der Waals surface area contributed by atoms with E-state index in [2.05, 4.69) is 60.4 Å². The van der Waals surface area contributed by atoms with Gasteiger partial charge in [-0.05, 0) is 38.6 Å². The molecule has 0 aliphatic carbocycles. The number of nitrogens with one attached hydrogen (secondary N) is 1. The van der Waals surface area contributed by atoms with E-state index in [1.165, 1.54) is 5.56 Å². The van der Waals surface area contributed by atoms with E-state index < -0.39 is 0 Å². The van der Waals surface area contributed by atoms with Crippen molar-refractivity contribution in [2.75, 3.05) is 33.4 Å². The highest BCUT2D eigenvalue weighted by Crippen LogP contribution is 2.24. The number of aromatic nitrogens is 1. The Labute approximate surface area is 143 Å². The van der Waals surface area contributed by atoms with Crippen LogP contribution in [0.25, 0.3) is 10.9 Å². The average Bonchev–Trinajstić information content (AvgIpc) is 2.62. The number of rotatable bonds is 5. The summed E-state index contributed by atoms with van der Waals surface area (Å²) in [4.78, 5) is 6.66. The summed E-state index contributed by atoms with van der Waals surface area (Å²) in [6.07, 6.45) is 1.82. The van der Waals surface area contributed by atoms with Crippen LogP contribution in [0.2, 0.25) is 0 Å². The summed E-state index contributed by atoms with van der Waals surface area (Å²) < 4.78 is 5.70. The molecule has 1 aromatic heterocycles. The third-order valence-corrected chi connectivity index (χ3v) is 5.30. The third kappa shape index (κ3) is 3.30. The maximum absolute atomic E-state index is 9.98. The van der Waals surface area contributed by atoms with Gasteiger partial charge in [0.2, 0.25) is 0 Å². The fraction of sp³-hybridized carbons (Fsp3) is 0.526. The number of hydrogen-bond donors (Lipinski definition) is 2. The zero-order valence-electron chi connectivity index (χ0n) is 14.7. The van der Waals surface area contributed by atoms with Crippen molar-refractivity contribution in [3.63, 3.8) is 0 Å². The van der Waals surface area contributed by atoms with Crippen LogP contribution in [0, 0.1) is 0 Å². The molecule has 1 saturated heterocycles. The Morgan fingerprint density at radius 2 is 2.29 bits per heavy atom. The highest BCUT2D eigenvalue weighted by Gasteiger charge is 2.40. The van der Waals surface area contributed by atoms with E-state index in [4.69, 9.17) is 4.74 Å². The van der Waals surface area contributed by atoms with Gasteiger partial charge in [0, 0.05) is 30.2 Å². The van der Waals surface area contributed by atoms with Gasteiger partial charge in [-0.1, -0.05) is 18.2 Å². The van der Waals surface area contributed by atoms with Crippen molar-refractivity contribution in [3.05, 3.63) is 42.1 Å². The Balaban J connectivity index is 1.72. The number of benzene rings is 1. The van der Waals surface area contributed by atoms with Gasteiger partial charge in [0.1, 0.15) is 0 Å². The van der Waals surface area contributed by atoms with Gasteiger partial charge < -0.3 is 15.2 Å². The van der Waals surface area contributed by atoms with Gasteiger partial charge >= 0.3 is 0 Å². The summed E-state index contributed by atoms with van der Waals surface area (Å²) in [5.74, 6) is 0. The van der Waals surface area contributed by atoms with Crippen LogP contribution in [0.1, 0.15) is 25.5 Å². The van der Waals surface area contributed by atoms with Gasteiger partial charge in [-0.15, -0.1) is 0 Å². The molecule has 3 atom stereocenters. The van der Waals surface area contributed by atoms with E-state index in [1.54, 1.807) is 0 Å². The summed E-state index contributed by atoms with van der Waals surface area (Å²) >= 11 is 0. The number of aliphatic hydroxyl groups excluding tert-OH is 1. The number of pyridine rings is 1. The number of hydrogen-bond acceptors (Lipinski definition) is 5. The highest BCUT2D eigenvalue weighted by atomic mass is 16.5. The minimum atomic E-state index is -0.374. The fourth-order valence-electron chi connectivity index (χ4n) is 3.30. The van der Waals surface area contributed by atoms with Gasteiger partial charge in [0.25, 0.3) is 0 Å². The number of nitrogens with zero attached hydrogens (tertiary/aromatic N) is 2. The van der Waals surface area contributed by atoms with Gasteiger partial charge in [0.15, 0.2) is 0 Å². The molecule has 2 aromatic rings. The van der Waals surface area contributed by atoms with E-state index in [0.717, 1.165) is 10.9 Å². The second-order valence-electron chi connectivity index (χ2n) is 6.92. The quantitative estimate of drug-likeness (QED) is 0.878. The standard InChI is InChI=1S/C19H27N3O2/c1-14-10-24-13-19(12-23,22(14)3)11-21-15(2)17-7-6-16-5-4-8-20-18(16)9-17/h4-9,14-15,21,23H,10-13H2,1-3H3/t14-,15?,19+/m1/s1. The van der Waals surface area contributed by atoms with Crippen LogP contribution in [-0.4, -0.2) is 60.0 Å². The molecule has 24 heavy (non-hydrogen) atoms. The molecular formula is C19H27N3O2. The first-order valence-electron chi connectivity index (χ1n) is 8.55. The number of aliphatic hydroxyl groups is 1. The third-order valence-electron chi connectivity index (χ3n) is 5.30. The largest absolute Gasteiger partial charge is 0.394 e. The van der Waals surface area contributed by atoms with Crippen LogP contribution in [0.3, 0.4) is 0 Å². The van der Waals surface area contributed by atoms with Crippen LogP contribution >= 0.6 is 0 Å². The van der Waals surface area contributed by atoms with E-state index in [1.807, 2.05) is 12.3 Å². The summed E-state index contributed by atoms with van der Waals surface area (Å²) in [6.45, 7) is 6.27. The molecule has 0 saturated carbocycles. The Morgan fingerprint density at radius 3 is 3.08 bits per heavy atom. The van der Waals surface area contributed by atoms with Gasteiger partial charge in [-0.2, -0.15) is 0 Å². The Morgan fingerprint density at radius 1 is 1.46 bits per heavy atom. The molecule has 2 heterocycles. The molecule has 1 aliphatic heterocycles. The van der Waals surface area contributed by atoms with Crippen molar-refractivity contribution in [1.29, 1.82) is 0 Å². The molecule has 1 fully saturated rings. The number of likely N-dealkylation sites (N-methyl/N-ethyl adjacent to an activating group) is 1. The monoisotopic (exact) mass is 329 g/mol. The second kappa shape index (κ2) is 7.15. The lowest BCUT2D eigenvalue weighted by molar-refractivity contribution is -0.106. The topological polar surface area (TPSA) is 57.6 Å². The molecule has 1 unspecified atom stereocenters. The molecule has 5 nitrogen and oxygen atoms in total. The summed E-state index contributed by atoms with van der Waals surface area (Å²) in [5.41, 5.74) is 1.83. The zero-order valence-corrected chi connectivity index (χ0v) is 14.7. The van der Waals surface area contributed by atoms with Crippen molar-refractivity contribution in [1.82, 2.24) is 15.2 Å². The van der Waals surface area contributed by atoms with Crippen LogP contribution in [-0.2, 0) is 4.74 Å². The van der Waals surface area contributed by atoms with Gasteiger partial charge in [-0.25, -0.2) is 0 Å². The number of ether oxygens (including phenoxy) is 1. The summed E-state index contributed by atoms with van der Waals surface area (Å²) in [5, 5.41) is 14.7. The van der Waals surface area contributed by atoms with Crippen molar-refractivity contribution < 1.29 is 9.84 Å². The van der Waals surface area contributed by atoms with E-state index in [0.29, 0.717) is 25.8 Å². The lowest BCUT2D eigenvalue weighted by atomic mass is 9.95. The molecule has 1 aromatic carbocycles. The molecule has 2 N–H and O–H groups in total. The molecule has 0 amide bonds. The highest BCUT2D eigenvalue weighted by molar-refractivity contribution is 5.78. The molecule has 130 valence electrons. The van der Waals surface area contributed by atoms with Crippen LogP contribution in [0.5, 0.6) is 0 Å². The summed E-state index contributed by atoms with van der Waals surface area (Å²) in [7, 11) is 2.07. The lowest BCUT2D eigenvalue weighted by Gasteiger charge is -2.47. The molecule has 0 radical (unpaired) electrons. The average molecular weight is 329 g/mol. The van der Waals surface area contributed by atoms with E-state index >= 15 is 0 Å². The van der Waals surface area contributed by atoms with Crippen LogP contribution in [0.4, 0.5) is 0 Å². The van der Waals surface area contributed by atoms with Crippen molar-refractivity contribution >= 4 is 10.9 Å². The number of fused-ring (bicyclic) bond motifs is 1. The fourth-order valence-corrected chi connectivity index (χ4v) is 3.30. The van der Waals surface area contributed by atoms with Crippen molar-refractivity contribution in [2.24, 2.45) is 0 Å². The lowest BCUT2D eigenvalue weighted by Crippen LogP contribution is -2.65. The Hall–Kier alpha value is -1.53. The van der Waals surface area contributed by atoms with Crippen molar-refractivity contribution in [3.8, 4) is 0 Å². The minimum Gasteiger partial charge on any atom is -0.394 e.